The highest BCUT2D eigenvalue weighted by Gasteiger charge is 2.35. The molecule has 0 radical (unpaired) electrons. The van der Waals surface area contributed by atoms with Crippen LogP contribution in [-0.2, 0) is 0 Å². The van der Waals surface area contributed by atoms with Gasteiger partial charge in [-0.05, 0) is 55.9 Å². The van der Waals surface area contributed by atoms with Gasteiger partial charge in [-0.3, -0.25) is 4.79 Å². The zero-order valence-electron chi connectivity index (χ0n) is 19.5. The molecule has 1 aromatic carbocycles. The summed E-state index contributed by atoms with van der Waals surface area (Å²) in [7, 11) is 3.24. The molecule has 9 nitrogen and oxygen atoms in total. The Morgan fingerprint density at radius 2 is 1.91 bits per heavy atom. The van der Waals surface area contributed by atoms with Crippen LogP contribution >= 0.6 is 0 Å². The van der Waals surface area contributed by atoms with Gasteiger partial charge in [0.25, 0.3) is 11.9 Å². The summed E-state index contributed by atoms with van der Waals surface area (Å²) in [5, 5.41) is 14.0. The first kappa shape index (κ1) is 22.3. The Morgan fingerprint density at radius 3 is 2.59 bits per heavy atom. The van der Waals surface area contributed by atoms with Crippen LogP contribution in [0.25, 0.3) is 17.2 Å². The molecule has 5 rings (SSSR count). The monoisotopic (exact) mass is 463 g/mol. The van der Waals surface area contributed by atoms with Gasteiger partial charge in [0.1, 0.15) is 11.5 Å². The first-order chi connectivity index (χ1) is 16.6. The summed E-state index contributed by atoms with van der Waals surface area (Å²) >= 11 is 0. The number of methoxy groups -OCH3 is 2. The van der Waals surface area contributed by atoms with Gasteiger partial charge in [-0.15, -0.1) is 0 Å². The van der Waals surface area contributed by atoms with Crippen LogP contribution < -0.4 is 9.47 Å². The maximum Gasteiger partial charge on any atom is 0.257 e. The number of piperidine rings is 1. The van der Waals surface area contributed by atoms with Gasteiger partial charge < -0.3 is 19.5 Å². The minimum Gasteiger partial charge on any atom is -0.497 e. The van der Waals surface area contributed by atoms with E-state index >= 15 is 0 Å². The first-order valence-electron chi connectivity index (χ1n) is 11.7. The van der Waals surface area contributed by atoms with Crippen LogP contribution in [-0.4, -0.2) is 69.6 Å². The molecule has 1 N–H and O–H groups in total. The average molecular weight is 464 g/mol. The number of likely N-dealkylation sites (tertiary alicyclic amines) is 1. The van der Waals surface area contributed by atoms with Crippen molar-refractivity contribution in [2.75, 3.05) is 33.9 Å². The van der Waals surface area contributed by atoms with E-state index in [-0.39, 0.29) is 24.3 Å². The number of nitrogens with zero attached hydrogens (tertiary/aromatic N) is 5. The van der Waals surface area contributed by atoms with E-state index in [0.29, 0.717) is 41.8 Å². The molecule has 0 unspecified atom stereocenters. The minimum absolute atomic E-state index is 0.00448. The van der Waals surface area contributed by atoms with Gasteiger partial charge in [0.05, 0.1) is 37.4 Å². The zero-order chi connectivity index (χ0) is 23.7. The Kier molecular flexibility index (Phi) is 6.19. The highest BCUT2D eigenvalue weighted by molar-refractivity contribution is 5.95. The van der Waals surface area contributed by atoms with Crippen molar-refractivity contribution in [3.63, 3.8) is 0 Å². The second-order valence-corrected chi connectivity index (χ2v) is 8.86. The zero-order valence-corrected chi connectivity index (χ0v) is 19.5. The molecule has 9 heteroatoms. The Balaban J connectivity index is 1.49. The lowest BCUT2D eigenvalue weighted by molar-refractivity contribution is 0.0649. The molecule has 1 aliphatic heterocycles. The molecule has 0 atom stereocenters. The first-order valence-corrected chi connectivity index (χ1v) is 11.7. The minimum atomic E-state index is -0.00448. The molecule has 34 heavy (non-hydrogen) atoms. The Bertz CT molecular complexity index is 1180. The predicted octanol–water partition coefficient (Wildman–Crippen LogP) is 3.07. The van der Waals surface area contributed by atoms with Gasteiger partial charge in [0.15, 0.2) is 0 Å². The van der Waals surface area contributed by atoms with E-state index in [9.17, 15) is 9.90 Å². The van der Waals surface area contributed by atoms with Crippen molar-refractivity contribution < 1.29 is 19.4 Å². The molecule has 3 heterocycles. The number of rotatable bonds is 7. The number of carbonyl (C=O) groups excluding carboxylic acids is 1. The molecule has 0 spiro atoms. The van der Waals surface area contributed by atoms with Gasteiger partial charge in [0.2, 0.25) is 0 Å². The molecule has 2 aromatic heterocycles. The van der Waals surface area contributed by atoms with Crippen molar-refractivity contribution in [2.24, 2.45) is 5.92 Å². The van der Waals surface area contributed by atoms with Gasteiger partial charge in [0, 0.05) is 37.4 Å². The standard InChI is InChI=1S/C25H29N5O4/c1-33-18-5-6-22(34-2)19(13-18)21-7-10-26-25(28-21)30-23(17-3-4-17)20(14-27-30)24(32)29-11-8-16(15-31)9-12-29/h5-7,10,13-14,16-17,31H,3-4,8-9,11-12,15H2,1-2H3. The van der Waals surface area contributed by atoms with Crippen LogP contribution in [0.15, 0.2) is 36.7 Å². The van der Waals surface area contributed by atoms with Crippen molar-refractivity contribution in [1.82, 2.24) is 24.6 Å². The smallest absolute Gasteiger partial charge is 0.257 e. The van der Waals surface area contributed by atoms with Gasteiger partial charge >= 0.3 is 0 Å². The summed E-state index contributed by atoms with van der Waals surface area (Å²) in [6.45, 7) is 1.49. The van der Waals surface area contributed by atoms with E-state index in [1.165, 1.54) is 0 Å². The Morgan fingerprint density at radius 1 is 1.12 bits per heavy atom. The van der Waals surface area contributed by atoms with Crippen LogP contribution in [0.1, 0.15) is 47.7 Å². The van der Waals surface area contributed by atoms with E-state index in [2.05, 4.69) is 10.1 Å². The van der Waals surface area contributed by atoms with Crippen molar-refractivity contribution in [3.8, 4) is 28.7 Å². The number of benzene rings is 1. The van der Waals surface area contributed by atoms with Crippen molar-refractivity contribution in [3.05, 3.63) is 47.9 Å². The maximum atomic E-state index is 13.4. The lowest BCUT2D eigenvalue weighted by Gasteiger charge is -2.31. The fourth-order valence-corrected chi connectivity index (χ4v) is 4.54. The van der Waals surface area contributed by atoms with Crippen LogP contribution in [0.5, 0.6) is 11.5 Å². The number of amides is 1. The van der Waals surface area contributed by atoms with E-state index in [1.54, 1.807) is 31.3 Å². The molecule has 1 saturated heterocycles. The summed E-state index contributed by atoms with van der Waals surface area (Å²) in [6, 6.07) is 7.37. The van der Waals surface area contributed by atoms with Crippen LogP contribution in [0, 0.1) is 5.92 Å². The van der Waals surface area contributed by atoms with Crippen molar-refractivity contribution in [2.45, 2.75) is 31.6 Å². The molecule has 2 aliphatic rings. The van der Waals surface area contributed by atoms with Crippen LogP contribution in [0.4, 0.5) is 0 Å². The number of aliphatic hydroxyl groups excluding tert-OH is 1. The second kappa shape index (κ2) is 9.42. The summed E-state index contributed by atoms with van der Waals surface area (Å²) in [5.41, 5.74) is 2.97. The molecular weight excluding hydrogens is 434 g/mol. The summed E-state index contributed by atoms with van der Waals surface area (Å²) < 4.78 is 12.6. The number of carbonyl (C=O) groups is 1. The molecule has 3 aromatic rings. The fraction of sp³-hybridized carbons (Fsp3) is 0.440. The largest absolute Gasteiger partial charge is 0.497 e. The third kappa shape index (κ3) is 4.23. The highest BCUT2D eigenvalue weighted by atomic mass is 16.5. The maximum absolute atomic E-state index is 13.4. The lowest BCUT2D eigenvalue weighted by atomic mass is 9.97. The normalized spacial score (nSPS) is 16.5. The molecule has 178 valence electrons. The SMILES string of the molecule is COc1ccc(OC)c(-c2ccnc(-n3ncc(C(=O)N4CCC(CO)CC4)c3C3CC3)n2)c1. The molecule has 2 fully saturated rings. The van der Waals surface area contributed by atoms with Crippen molar-refractivity contribution >= 4 is 5.91 Å². The van der Waals surface area contributed by atoms with Crippen LogP contribution in [0.3, 0.4) is 0 Å². The van der Waals surface area contributed by atoms with Gasteiger partial charge in [-0.1, -0.05) is 0 Å². The average Bonchev–Trinajstić information content (AvgIpc) is 3.65. The highest BCUT2D eigenvalue weighted by Crippen LogP contribution is 2.43. The number of aromatic nitrogens is 4. The fourth-order valence-electron chi connectivity index (χ4n) is 4.54. The Hall–Kier alpha value is -3.46. The molecule has 1 saturated carbocycles. The third-order valence-electron chi connectivity index (χ3n) is 6.68. The van der Waals surface area contributed by atoms with E-state index in [0.717, 1.165) is 36.9 Å². The number of hydrogen-bond donors (Lipinski definition) is 1. The quantitative estimate of drug-likeness (QED) is 0.574. The number of hydrogen-bond acceptors (Lipinski definition) is 7. The molecular formula is C25H29N5O4. The van der Waals surface area contributed by atoms with E-state index < -0.39 is 0 Å². The third-order valence-corrected chi connectivity index (χ3v) is 6.68. The lowest BCUT2D eigenvalue weighted by Crippen LogP contribution is -2.39. The topological polar surface area (TPSA) is 103 Å². The summed E-state index contributed by atoms with van der Waals surface area (Å²) in [6.07, 6.45) is 7.02. The Labute approximate surface area is 198 Å². The number of ether oxygens (including phenoxy) is 2. The molecule has 1 aliphatic carbocycles. The van der Waals surface area contributed by atoms with E-state index in [1.807, 2.05) is 29.2 Å². The summed E-state index contributed by atoms with van der Waals surface area (Å²) in [4.78, 5) is 24.5. The predicted molar refractivity (Wildman–Crippen MR) is 125 cm³/mol. The van der Waals surface area contributed by atoms with E-state index in [4.69, 9.17) is 14.5 Å². The van der Waals surface area contributed by atoms with Crippen molar-refractivity contribution in [1.29, 1.82) is 0 Å². The number of aliphatic hydroxyl groups is 1. The van der Waals surface area contributed by atoms with Gasteiger partial charge in [-0.2, -0.15) is 5.10 Å². The molecule has 0 bridgehead atoms. The summed E-state index contributed by atoms with van der Waals surface area (Å²) in [5.74, 6) is 2.34. The molecule has 1 amide bonds. The van der Waals surface area contributed by atoms with Crippen LogP contribution in [0.2, 0.25) is 0 Å². The van der Waals surface area contributed by atoms with Gasteiger partial charge in [-0.25, -0.2) is 14.6 Å². The second-order valence-electron chi connectivity index (χ2n) is 8.86.